The molecule has 0 radical (unpaired) electrons. The number of pyridine rings is 1. The monoisotopic (exact) mass is 271 g/mol. The van der Waals surface area contributed by atoms with Gasteiger partial charge in [0.2, 0.25) is 5.78 Å². The molecule has 0 saturated carbocycles. The number of benzene rings is 1. The fourth-order valence-corrected chi connectivity index (χ4v) is 1.69. The quantitative estimate of drug-likeness (QED) is 0.629. The van der Waals surface area contributed by atoms with Crippen LogP contribution >= 0.6 is 0 Å². The van der Waals surface area contributed by atoms with E-state index in [0.717, 1.165) is 0 Å². The zero-order chi connectivity index (χ0) is 14.5. The minimum absolute atomic E-state index is 0.193. The molecule has 2 aromatic rings. The van der Waals surface area contributed by atoms with Crippen LogP contribution in [0.5, 0.6) is 5.75 Å². The fourth-order valence-electron chi connectivity index (χ4n) is 1.69. The molecule has 5 nitrogen and oxygen atoms in total. The highest BCUT2D eigenvalue weighted by Gasteiger charge is 2.13. The summed E-state index contributed by atoms with van der Waals surface area (Å²) in [6.45, 7) is 0. The van der Waals surface area contributed by atoms with Gasteiger partial charge in [-0.3, -0.25) is 9.78 Å². The van der Waals surface area contributed by atoms with E-state index in [4.69, 9.17) is 4.74 Å². The maximum Gasteiger partial charge on any atom is 0.337 e. The van der Waals surface area contributed by atoms with Crippen LogP contribution in [0.3, 0.4) is 0 Å². The summed E-state index contributed by atoms with van der Waals surface area (Å²) in [5, 5.41) is 0. The molecule has 1 aromatic heterocycles. The lowest BCUT2D eigenvalue weighted by Crippen LogP contribution is -2.08. The zero-order valence-electron chi connectivity index (χ0n) is 11.1. The molecule has 102 valence electrons. The first kappa shape index (κ1) is 13.7. The van der Waals surface area contributed by atoms with Crippen LogP contribution in [-0.4, -0.2) is 31.0 Å². The van der Waals surface area contributed by atoms with Gasteiger partial charge in [-0.1, -0.05) is 0 Å². The first-order valence-corrected chi connectivity index (χ1v) is 5.89. The molecule has 0 N–H and O–H groups in total. The molecule has 2 rings (SSSR count). The highest BCUT2D eigenvalue weighted by Crippen LogP contribution is 2.15. The predicted molar refractivity (Wildman–Crippen MR) is 72.0 cm³/mol. The highest BCUT2D eigenvalue weighted by atomic mass is 16.5. The van der Waals surface area contributed by atoms with Crippen molar-refractivity contribution in [1.29, 1.82) is 0 Å². The van der Waals surface area contributed by atoms with Crippen LogP contribution in [0.25, 0.3) is 0 Å². The Kier molecular flexibility index (Phi) is 4.10. The molecule has 0 aliphatic rings. The Balaban J connectivity index is 2.30. The van der Waals surface area contributed by atoms with Gasteiger partial charge in [0.1, 0.15) is 11.4 Å². The van der Waals surface area contributed by atoms with Gasteiger partial charge in [0.15, 0.2) is 0 Å². The number of nitrogens with zero attached hydrogens (tertiary/aromatic N) is 1. The first-order chi connectivity index (χ1) is 9.65. The van der Waals surface area contributed by atoms with E-state index in [9.17, 15) is 9.59 Å². The van der Waals surface area contributed by atoms with Gasteiger partial charge < -0.3 is 9.47 Å². The summed E-state index contributed by atoms with van der Waals surface area (Å²) in [6, 6.07) is 9.59. The van der Waals surface area contributed by atoms with Crippen LogP contribution in [0.1, 0.15) is 26.4 Å². The summed E-state index contributed by atoms with van der Waals surface area (Å²) in [6.07, 6.45) is 1.41. The van der Waals surface area contributed by atoms with Gasteiger partial charge in [0, 0.05) is 11.8 Å². The first-order valence-electron chi connectivity index (χ1n) is 5.89. The number of ether oxygens (including phenoxy) is 2. The number of ketones is 1. The second-order valence-electron chi connectivity index (χ2n) is 3.98. The molecule has 1 aromatic carbocycles. The molecule has 0 bridgehead atoms. The van der Waals surface area contributed by atoms with Crippen LogP contribution in [-0.2, 0) is 4.74 Å². The molecule has 0 fully saturated rings. The Labute approximate surface area is 116 Å². The third-order valence-electron chi connectivity index (χ3n) is 2.77. The highest BCUT2D eigenvalue weighted by molar-refractivity contribution is 6.08. The minimum Gasteiger partial charge on any atom is -0.497 e. The van der Waals surface area contributed by atoms with Gasteiger partial charge in [0.25, 0.3) is 0 Å². The molecule has 0 aliphatic heterocycles. The van der Waals surface area contributed by atoms with Gasteiger partial charge in [-0.15, -0.1) is 0 Å². The van der Waals surface area contributed by atoms with E-state index in [-0.39, 0.29) is 11.5 Å². The van der Waals surface area contributed by atoms with E-state index in [1.807, 2.05) is 0 Å². The largest absolute Gasteiger partial charge is 0.497 e. The van der Waals surface area contributed by atoms with E-state index < -0.39 is 5.97 Å². The molecule has 1 heterocycles. The summed E-state index contributed by atoms with van der Waals surface area (Å²) in [4.78, 5) is 27.7. The summed E-state index contributed by atoms with van der Waals surface area (Å²) < 4.78 is 9.64. The molecule has 5 heteroatoms. The summed E-state index contributed by atoms with van der Waals surface area (Å²) in [5.41, 5.74) is 0.956. The van der Waals surface area contributed by atoms with E-state index in [2.05, 4.69) is 9.72 Å². The smallest absolute Gasteiger partial charge is 0.337 e. The van der Waals surface area contributed by atoms with E-state index >= 15 is 0 Å². The number of carbonyl (C=O) groups excluding carboxylic acids is 2. The zero-order valence-corrected chi connectivity index (χ0v) is 11.1. The van der Waals surface area contributed by atoms with E-state index in [0.29, 0.717) is 16.9 Å². The summed E-state index contributed by atoms with van der Waals surface area (Å²) in [7, 11) is 2.84. The average Bonchev–Trinajstić information content (AvgIpc) is 2.53. The standard InChI is InChI=1S/C15H13NO4/c1-19-12-5-3-10(4-6-12)14(17)13-9-11(7-8-16-13)15(18)20-2/h3-9H,1-2H3. The lowest BCUT2D eigenvalue weighted by Gasteiger charge is -2.04. The van der Waals surface area contributed by atoms with Gasteiger partial charge in [-0.05, 0) is 36.4 Å². The number of aromatic nitrogens is 1. The van der Waals surface area contributed by atoms with Crippen molar-refractivity contribution < 1.29 is 19.1 Å². The van der Waals surface area contributed by atoms with Crippen molar-refractivity contribution in [2.45, 2.75) is 0 Å². The van der Waals surface area contributed by atoms with Crippen molar-refractivity contribution in [1.82, 2.24) is 4.98 Å². The van der Waals surface area contributed by atoms with Crippen LogP contribution in [0, 0.1) is 0 Å². The number of methoxy groups -OCH3 is 2. The van der Waals surface area contributed by atoms with Crippen molar-refractivity contribution in [3.05, 3.63) is 59.4 Å². The Morgan fingerprint density at radius 3 is 2.30 bits per heavy atom. The number of hydrogen-bond donors (Lipinski definition) is 0. The van der Waals surface area contributed by atoms with Crippen molar-refractivity contribution >= 4 is 11.8 Å². The second-order valence-corrected chi connectivity index (χ2v) is 3.98. The minimum atomic E-state index is -0.504. The molecule has 0 spiro atoms. The number of hydrogen-bond acceptors (Lipinski definition) is 5. The predicted octanol–water partition coefficient (Wildman–Crippen LogP) is 2.11. The SMILES string of the molecule is COC(=O)c1ccnc(C(=O)c2ccc(OC)cc2)c1. The molecule has 20 heavy (non-hydrogen) atoms. The van der Waals surface area contributed by atoms with Gasteiger partial charge in [-0.2, -0.15) is 0 Å². The molecule has 0 unspecified atom stereocenters. The van der Waals surface area contributed by atoms with Crippen molar-refractivity contribution in [3.8, 4) is 5.75 Å². The maximum absolute atomic E-state index is 12.3. The lowest BCUT2D eigenvalue weighted by atomic mass is 10.1. The van der Waals surface area contributed by atoms with Gasteiger partial charge in [-0.25, -0.2) is 4.79 Å². The Morgan fingerprint density at radius 2 is 1.70 bits per heavy atom. The summed E-state index contributed by atoms with van der Waals surface area (Å²) >= 11 is 0. The van der Waals surface area contributed by atoms with Crippen LogP contribution in [0.4, 0.5) is 0 Å². The van der Waals surface area contributed by atoms with E-state index in [1.165, 1.54) is 25.4 Å². The third-order valence-corrected chi connectivity index (χ3v) is 2.77. The third kappa shape index (κ3) is 2.83. The normalized spacial score (nSPS) is 9.90. The fraction of sp³-hybridized carbons (Fsp3) is 0.133. The average molecular weight is 271 g/mol. The van der Waals surface area contributed by atoms with Crippen molar-refractivity contribution in [2.75, 3.05) is 14.2 Å². The molecular formula is C15H13NO4. The maximum atomic E-state index is 12.3. The topological polar surface area (TPSA) is 65.5 Å². The second kappa shape index (κ2) is 5.97. The Morgan fingerprint density at radius 1 is 1.00 bits per heavy atom. The van der Waals surface area contributed by atoms with Crippen LogP contribution < -0.4 is 4.74 Å². The number of esters is 1. The van der Waals surface area contributed by atoms with E-state index in [1.54, 1.807) is 31.4 Å². The molecule has 0 amide bonds. The van der Waals surface area contributed by atoms with Crippen LogP contribution in [0.15, 0.2) is 42.6 Å². The van der Waals surface area contributed by atoms with Crippen LogP contribution in [0.2, 0.25) is 0 Å². The summed E-state index contributed by atoms with van der Waals surface area (Å²) in [5.74, 6) is -0.104. The molecular weight excluding hydrogens is 258 g/mol. The molecule has 0 atom stereocenters. The van der Waals surface area contributed by atoms with Crippen molar-refractivity contribution in [2.24, 2.45) is 0 Å². The van der Waals surface area contributed by atoms with Gasteiger partial charge in [0.05, 0.1) is 19.8 Å². The lowest BCUT2D eigenvalue weighted by molar-refractivity contribution is 0.0600. The molecule has 0 aliphatic carbocycles. The Bertz CT molecular complexity index is 635. The Hall–Kier alpha value is -2.69. The number of carbonyl (C=O) groups is 2. The number of rotatable bonds is 4. The molecule has 0 saturated heterocycles. The van der Waals surface area contributed by atoms with Crippen molar-refractivity contribution in [3.63, 3.8) is 0 Å². The van der Waals surface area contributed by atoms with Gasteiger partial charge >= 0.3 is 5.97 Å².